The minimum Gasteiger partial charge on any atom is -0.392 e. The molecule has 2 heterocycles. The van der Waals surface area contributed by atoms with Gasteiger partial charge in [0.1, 0.15) is 12.4 Å². The lowest BCUT2D eigenvalue weighted by Gasteiger charge is -2.29. The van der Waals surface area contributed by atoms with E-state index in [1.807, 2.05) is 0 Å². The number of β-amino-alcohol motifs (C(OH)–C–C–N with tert-alkyl or cyclic N) is 1. The molecule has 0 bridgehead atoms. The van der Waals surface area contributed by atoms with E-state index in [0.717, 1.165) is 25.9 Å². The summed E-state index contributed by atoms with van der Waals surface area (Å²) in [7, 11) is 0. The van der Waals surface area contributed by atoms with Gasteiger partial charge in [0.05, 0.1) is 17.6 Å². The van der Waals surface area contributed by atoms with Crippen LogP contribution in [-0.4, -0.2) is 50.4 Å². The van der Waals surface area contributed by atoms with Crippen LogP contribution in [0.3, 0.4) is 0 Å². The molecular weight excluding hydrogens is 224 g/mol. The Morgan fingerprint density at radius 2 is 2.41 bits per heavy atom. The van der Waals surface area contributed by atoms with Crippen LogP contribution >= 0.6 is 0 Å². The highest BCUT2D eigenvalue weighted by Crippen LogP contribution is 2.11. The molecule has 1 N–H and O–H groups in total. The minimum atomic E-state index is -0.450. The number of nitrogens with zero attached hydrogens (tertiary/aromatic N) is 4. The van der Waals surface area contributed by atoms with E-state index >= 15 is 0 Å². The van der Waals surface area contributed by atoms with Crippen molar-refractivity contribution in [3.05, 3.63) is 22.5 Å². The van der Waals surface area contributed by atoms with Gasteiger partial charge in [-0.15, -0.1) is 0 Å². The second kappa shape index (κ2) is 5.24. The van der Waals surface area contributed by atoms with Crippen LogP contribution in [0, 0.1) is 10.1 Å². The first-order valence-electron chi connectivity index (χ1n) is 5.72. The van der Waals surface area contributed by atoms with E-state index in [-0.39, 0.29) is 11.8 Å². The summed E-state index contributed by atoms with van der Waals surface area (Å²) in [5.41, 5.74) is 0.0173. The summed E-state index contributed by atoms with van der Waals surface area (Å²) in [6, 6.07) is 0. The second-order valence-electron chi connectivity index (χ2n) is 4.32. The van der Waals surface area contributed by atoms with Gasteiger partial charge in [0.15, 0.2) is 0 Å². The van der Waals surface area contributed by atoms with Crippen LogP contribution in [0.25, 0.3) is 0 Å². The van der Waals surface area contributed by atoms with Crippen molar-refractivity contribution >= 4 is 5.69 Å². The van der Waals surface area contributed by atoms with E-state index in [1.54, 1.807) is 4.68 Å². The Labute approximate surface area is 98.8 Å². The molecule has 0 spiro atoms. The van der Waals surface area contributed by atoms with Crippen LogP contribution < -0.4 is 0 Å². The normalized spacial score (nSPS) is 21.6. The van der Waals surface area contributed by atoms with Crippen LogP contribution in [0.2, 0.25) is 0 Å². The lowest BCUT2D eigenvalue weighted by Crippen LogP contribution is -2.39. The molecule has 0 aliphatic carbocycles. The lowest BCUT2D eigenvalue weighted by molar-refractivity contribution is -0.385. The van der Waals surface area contributed by atoms with Gasteiger partial charge >= 0.3 is 5.69 Å². The van der Waals surface area contributed by atoms with E-state index in [1.165, 1.54) is 12.4 Å². The van der Waals surface area contributed by atoms with Crippen molar-refractivity contribution < 1.29 is 10.0 Å². The molecule has 1 aliphatic rings. The summed E-state index contributed by atoms with van der Waals surface area (Å²) in [6.07, 6.45) is 4.31. The van der Waals surface area contributed by atoms with Crippen molar-refractivity contribution in [2.75, 3.05) is 19.6 Å². The van der Waals surface area contributed by atoms with E-state index in [9.17, 15) is 15.2 Å². The van der Waals surface area contributed by atoms with Gasteiger partial charge in [-0.25, -0.2) is 0 Å². The molecule has 1 unspecified atom stereocenters. The van der Waals surface area contributed by atoms with Crippen molar-refractivity contribution in [2.24, 2.45) is 0 Å². The molecule has 1 saturated heterocycles. The lowest BCUT2D eigenvalue weighted by atomic mass is 10.1. The maximum atomic E-state index is 10.5. The molecule has 2 rings (SSSR count). The van der Waals surface area contributed by atoms with Crippen LogP contribution in [-0.2, 0) is 6.54 Å². The highest BCUT2D eigenvalue weighted by Gasteiger charge is 2.17. The number of aromatic nitrogens is 2. The van der Waals surface area contributed by atoms with Gasteiger partial charge in [0.25, 0.3) is 0 Å². The quantitative estimate of drug-likeness (QED) is 0.602. The Hall–Kier alpha value is -1.47. The second-order valence-corrected chi connectivity index (χ2v) is 4.32. The molecule has 0 aromatic carbocycles. The van der Waals surface area contributed by atoms with Crippen LogP contribution in [0.1, 0.15) is 12.8 Å². The topological polar surface area (TPSA) is 84.4 Å². The van der Waals surface area contributed by atoms with Crippen LogP contribution in [0.4, 0.5) is 5.69 Å². The molecule has 0 saturated carbocycles. The minimum absolute atomic E-state index is 0.0173. The van der Waals surface area contributed by atoms with Gasteiger partial charge in [0.2, 0.25) is 0 Å². The van der Waals surface area contributed by atoms with Crippen LogP contribution in [0.5, 0.6) is 0 Å². The number of hydrogen-bond acceptors (Lipinski definition) is 5. The van der Waals surface area contributed by atoms with E-state index in [4.69, 9.17) is 0 Å². The summed E-state index contributed by atoms with van der Waals surface area (Å²) in [6.45, 7) is 3.03. The monoisotopic (exact) mass is 240 g/mol. The zero-order chi connectivity index (χ0) is 12.3. The zero-order valence-electron chi connectivity index (χ0n) is 9.53. The van der Waals surface area contributed by atoms with Crippen molar-refractivity contribution in [1.29, 1.82) is 0 Å². The predicted molar refractivity (Wildman–Crippen MR) is 60.6 cm³/mol. The molecule has 17 heavy (non-hydrogen) atoms. The van der Waals surface area contributed by atoms with Crippen molar-refractivity contribution in [3.63, 3.8) is 0 Å². The molecule has 7 heteroatoms. The Morgan fingerprint density at radius 3 is 3.06 bits per heavy atom. The molecule has 1 aliphatic heterocycles. The first-order chi connectivity index (χ1) is 8.15. The van der Waals surface area contributed by atoms with Gasteiger partial charge in [0, 0.05) is 13.1 Å². The Kier molecular flexibility index (Phi) is 3.70. The molecule has 7 nitrogen and oxygen atoms in total. The van der Waals surface area contributed by atoms with E-state index in [2.05, 4.69) is 10.00 Å². The number of hydrogen-bond donors (Lipinski definition) is 1. The van der Waals surface area contributed by atoms with Crippen LogP contribution in [0.15, 0.2) is 12.4 Å². The van der Waals surface area contributed by atoms with Crippen molar-refractivity contribution in [2.45, 2.75) is 25.5 Å². The summed E-state index contributed by atoms with van der Waals surface area (Å²) in [5.74, 6) is 0. The first-order valence-corrected chi connectivity index (χ1v) is 5.72. The number of likely N-dealkylation sites (tertiary alicyclic amines) is 1. The van der Waals surface area contributed by atoms with Gasteiger partial charge in [-0.1, -0.05) is 0 Å². The number of aliphatic hydroxyl groups excluding tert-OH is 1. The Balaban J connectivity index is 1.82. The molecule has 1 aromatic heterocycles. The molecule has 0 amide bonds. The molecule has 0 radical (unpaired) electrons. The highest BCUT2D eigenvalue weighted by atomic mass is 16.6. The molecular formula is C10H16N4O3. The number of nitro groups is 1. The average Bonchev–Trinajstić information content (AvgIpc) is 2.75. The highest BCUT2D eigenvalue weighted by molar-refractivity contribution is 5.20. The maximum absolute atomic E-state index is 10.5. The number of rotatable bonds is 4. The number of piperidine rings is 1. The van der Waals surface area contributed by atoms with Crippen molar-refractivity contribution in [1.82, 2.24) is 14.7 Å². The van der Waals surface area contributed by atoms with Gasteiger partial charge in [-0.05, 0) is 19.4 Å². The molecule has 1 aromatic rings. The molecule has 1 atom stereocenters. The van der Waals surface area contributed by atoms with Gasteiger partial charge < -0.3 is 5.11 Å². The fourth-order valence-corrected chi connectivity index (χ4v) is 2.05. The largest absolute Gasteiger partial charge is 0.392 e. The summed E-state index contributed by atoms with van der Waals surface area (Å²) in [4.78, 5) is 12.2. The Bertz CT molecular complexity index is 393. The molecule has 1 fully saturated rings. The molecule has 94 valence electrons. The zero-order valence-corrected chi connectivity index (χ0v) is 9.53. The predicted octanol–water partition coefficient (Wildman–Crippen LogP) is 0.248. The van der Waals surface area contributed by atoms with Gasteiger partial charge in [-0.3, -0.25) is 19.7 Å². The third kappa shape index (κ3) is 3.24. The third-order valence-corrected chi connectivity index (χ3v) is 2.96. The maximum Gasteiger partial charge on any atom is 0.306 e. The SMILES string of the molecule is O=[N+]([O-])c1cnn(CCN2CCCC(O)C2)c1. The summed E-state index contributed by atoms with van der Waals surface area (Å²) >= 11 is 0. The number of aliphatic hydroxyl groups is 1. The van der Waals surface area contributed by atoms with Crippen molar-refractivity contribution in [3.8, 4) is 0 Å². The van der Waals surface area contributed by atoms with Gasteiger partial charge in [-0.2, -0.15) is 5.10 Å². The summed E-state index contributed by atoms with van der Waals surface area (Å²) in [5, 5.41) is 23.9. The smallest absolute Gasteiger partial charge is 0.306 e. The fourth-order valence-electron chi connectivity index (χ4n) is 2.05. The standard InChI is InChI=1S/C10H16N4O3/c15-10-2-1-3-12(8-10)4-5-13-7-9(6-11-13)14(16)17/h6-7,10,15H,1-5,8H2. The van der Waals surface area contributed by atoms with E-state index in [0.29, 0.717) is 13.1 Å². The fraction of sp³-hybridized carbons (Fsp3) is 0.700. The summed E-state index contributed by atoms with van der Waals surface area (Å²) < 4.78 is 1.57. The first kappa shape index (κ1) is 12.0. The third-order valence-electron chi connectivity index (χ3n) is 2.96. The Morgan fingerprint density at radius 1 is 1.59 bits per heavy atom. The average molecular weight is 240 g/mol. The van der Waals surface area contributed by atoms with E-state index < -0.39 is 4.92 Å².